The summed E-state index contributed by atoms with van der Waals surface area (Å²) < 4.78 is 0. The molecule has 0 amide bonds. The van der Waals surface area contributed by atoms with Crippen LogP contribution in [0.25, 0.3) is 0 Å². The third-order valence-electron chi connectivity index (χ3n) is 2.71. The Morgan fingerprint density at radius 2 is 2.50 bits per heavy atom. The first-order chi connectivity index (χ1) is 6.66. The highest BCUT2D eigenvalue weighted by Crippen LogP contribution is 2.27. The highest BCUT2D eigenvalue weighted by Gasteiger charge is 2.24. The van der Waals surface area contributed by atoms with Crippen LogP contribution in [0, 0.1) is 5.92 Å². The molecule has 2 heterocycles. The van der Waals surface area contributed by atoms with Crippen molar-refractivity contribution in [3.63, 3.8) is 0 Å². The maximum absolute atomic E-state index is 5.95. The third-order valence-corrected chi connectivity index (χ3v) is 3.93. The van der Waals surface area contributed by atoms with E-state index >= 15 is 0 Å². The SMILES string of the molecule is CC1CN(c2nc(Cl)cs2)CCC1N. The maximum atomic E-state index is 5.95. The number of hydrogen-bond donors (Lipinski definition) is 1. The summed E-state index contributed by atoms with van der Waals surface area (Å²) in [6.45, 7) is 4.17. The largest absolute Gasteiger partial charge is 0.348 e. The molecule has 0 radical (unpaired) electrons. The zero-order valence-corrected chi connectivity index (χ0v) is 9.68. The Bertz CT molecular complexity index is 315. The Labute approximate surface area is 92.9 Å². The van der Waals surface area contributed by atoms with Crippen LogP contribution < -0.4 is 10.6 Å². The average molecular weight is 232 g/mol. The first-order valence-corrected chi connectivity index (χ1v) is 6.04. The molecular formula is C9H14ClN3S. The van der Waals surface area contributed by atoms with Crippen molar-refractivity contribution in [2.45, 2.75) is 19.4 Å². The molecule has 2 unspecified atom stereocenters. The fourth-order valence-electron chi connectivity index (χ4n) is 1.73. The molecule has 2 atom stereocenters. The zero-order valence-electron chi connectivity index (χ0n) is 8.11. The van der Waals surface area contributed by atoms with Crippen LogP contribution in [0.2, 0.25) is 5.15 Å². The molecular weight excluding hydrogens is 218 g/mol. The summed E-state index contributed by atoms with van der Waals surface area (Å²) in [7, 11) is 0. The molecule has 0 aliphatic carbocycles. The Kier molecular flexibility index (Phi) is 2.95. The number of thiazole rings is 1. The molecule has 1 aliphatic heterocycles. The molecule has 5 heteroatoms. The molecule has 1 fully saturated rings. The predicted molar refractivity (Wildman–Crippen MR) is 61.1 cm³/mol. The van der Waals surface area contributed by atoms with Gasteiger partial charge >= 0.3 is 0 Å². The van der Waals surface area contributed by atoms with Gasteiger partial charge in [0.25, 0.3) is 0 Å². The molecule has 3 nitrogen and oxygen atoms in total. The summed E-state index contributed by atoms with van der Waals surface area (Å²) in [4.78, 5) is 6.53. The smallest absolute Gasteiger partial charge is 0.186 e. The van der Waals surface area contributed by atoms with Gasteiger partial charge in [-0.1, -0.05) is 18.5 Å². The van der Waals surface area contributed by atoms with E-state index in [4.69, 9.17) is 17.3 Å². The van der Waals surface area contributed by atoms with Crippen LogP contribution in [-0.2, 0) is 0 Å². The summed E-state index contributed by atoms with van der Waals surface area (Å²) in [5.74, 6) is 0.534. The van der Waals surface area contributed by atoms with Gasteiger partial charge in [-0.2, -0.15) is 0 Å². The van der Waals surface area contributed by atoms with E-state index in [1.165, 1.54) is 0 Å². The normalized spacial score (nSPS) is 28.1. The van der Waals surface area contributed by atoms with Crippen LogP contribution in [0.4, 0.5) is 5.13 Å². The molecule has 0 aromatic carbocycles. The Morgan fingerprint density at radius 1 is 1.71 bits per heavy atom. The minimum atomic E-state index is 0.335. The van der Waals surface area contributed by atoms with Gasteiger partial charge in [0.2, 0.25) is 0 Å². The van der Waals surface area contributed by atoms with Crippen molar-refractivity contribution in [2.24, 2.45) is 11.7 Å². The standard InChI is InChI=1S/C9H14ClN3S/c1-6-4-13(3-2-7(6)11)9-12-8(10)5-14-9/h5-7H,2-4,11H2,1H3. The molecule has 1 aliphatic rings. The summed E-state index contributed by atoms with van der Waals surface area (Å²) in [5, 5.41) is 3.48. The van der Waals surface area contributed by atoms with Gasteiger partial charge in [-0.15, -0.1) is 11.3 Å². The van der Waals surface area contributed by atoms with Crippen molar-refractivity contribution in [1.29, 1.82) is 0 Å². The molecule has 1 saturated heterocycles. The Balaban J connectivity index is 2.06. The molecule has 0 spiro atoms. The van der Waals surface area contributed by atoms with Crippen molar-refractivity contribution >= 4 is 28.1 Å². The van der Waals surface area contributed by atoms with E-state index in [1.807, 2.05) is 5.38 Å². The van der Waals surface area contributed by atoms with Crippen molar-refractivity contribution in [3.8, 4) is 0 Å². The van der Waals surface area contributed by atoms with E-state index in [9.17, 15) is 0 Å². The van der Waals surface area contributed by atoms with Gasteiger partial charge in [-0.05, 0) is 12.3 Å². The molecule has 0 saturated carbocycles. The fraction of sp³-hybridized carbons (Fsp3) is 0.667. The number of halogens is 1. The topological polar surface area (TPSA) is 42.2 Å². The summed E-state index contributed by atoms with van der Waals surface area (Å²) in [6.07, 6.45) is 1.04. The molecule has 1 aromatic heterocycles. The molecule has 2 N–H and O–H groups in total. The fourth-order valence-corrected chi connectivity index (χ4v) is 2.71. The molecule has 14 heavy (non-hydrogen) atoms. The van der Waals surface area contributed by atoms with E-state index in [-0.39, 0.29) is 0 Å². The average Bonchev–Trinajstić information content (AvgIpc) is 2.57. The lowest BCUT2D eigenvalue weighted by Gasteiger charge is -2.34. The number of aromatic nitrogens is 1. The van der Waals surface area contributed by atoms with Gasteiger partial charge in [-0.3, -0.25) is 0 Å². The Morgan fingerprint density at radius 3 is 3.07 bits per heavy atom. The quantitative estimate of drug-likeness (QED) is 0.804. The molecule has 2 rings (SSSR count). The van der Waals surface area contributed by atoms with Crippen molar-refractivity contribution in [1.82, 2.24) is 4.98 Å². The summed E-state index contributed by atoms with van der Waals surface area (Å²) in [5.41, 5.74) is 5.95. The Hall–Kier alpha value is -0.320. The van der Waals surface area contributed by atoms with Crippen LogP contribution in [0.1, 0.15) is 13.3 Å². The number of nitrogens with zero attached hydrogens (tertiary/aromatic N) is 2. The van der Waals surface area contributed by atoms with Crippen LogP contribution >= 0.6 is 22.9 Å². The first kappa shape index (κ1) is 10.2. The van der Waals surface area contributed by atoms with E-state index in [0.717, 1.165) is 24.6 Å². The highest BCUT2D eigenvalue weighted by atomic mass is 35.5. The lowest BCUT2D eigenvalue weighted by molar-refractivity contribution is 0.382. The second-order valence-electron chi connectivity index (χ2n) is 3.83. The second-order valence-corrected chi connectivity index (χ2v) is 5.05. The maximum Gasteiger partial charge on any atom is 0.186 e. The molecule has 1 aromatic rings. The second kappa shape index (κ2) is 4.04. The van der Waals surface area contributed by atoms with Crippen molar-refractivity contribution in [2.75, 3.05) is 18.0 Å². The lowest BCUT2D eigenvalue weighted by Crippen LogP contribution is -2.45. The lowest BCUT2D eigenvalue weighted by atomic mass is 9.95. The molecule has 0 bridgehead atoms. The van der Waals surface area contributed by atoms with Gasteiger partial charge in [0.05, 0.1) is 0 Å². The minimum absolute atomic E-state index is 0.335. The van der Waals surface area contributed by atoms with Crippen LogP contribution in [0.5, 0.6) is 0 Å². The number of piperidine rings is 1. The van der Waals surface area contributed by atoms with Crippen molar-refractivity contribution in [3.05, 3.63) is 10.5 Å². The number of nitrogens with two attached hydrogens (primary N) is 1. The minimum Gasteiger partial charge on any atom is -0.348 e. The third kappa shape index (κ3) is 2.02. The van der Waals surface area contributed by atoms with E-state index < -0.39 is 0 Å². The predicted octanol–water partition coefficient (Wildman–Crippen LogP) is 1.97. The number of rotatable bonds is 1. The van der Waals surface area contributed by atoms with Gasteiger partial charge in [-0.25, -0.2) is 4.98 Å². The van der Waals surface area contributed by atoms with Crippen molar-refractivity contribution < 1.29 is 0 Å². The van der Waals surface area contributed by atoms with Crippen LogP contribution in [0.3, 0.4) is 0 Å². The van der Waals surface area contributed by atoms with E-state index in [2.05, 4.69) is 16.8 Å². The van der Waals surface area contributed by atoms with Crippen LogP contribution in [0.15, 0.2) is 5.38 Å². The van der Waals surface area contributed by atoms with E-state index in [1.54, 1.807) is 11.3 Å². The number of anilines is 1. The summed E-state index contributed by atoms with van der Waals surface area (Å²) in [6, 6.07) is 0.335. The summed E-state index contributed by atoms with van der Waals surface area (Å²) >= 11 is 7.39. The van der Waals surface area contributed by atoms with Gasteiger partial charge in [0, 0.05) is 24.5 Å². The molecule has 78 valence electrons. The van der Waals surface area contributed by atoms with E-state index in [0.29, 0.717) is 17.1 Å². The highest BCUT2D eigenvalue weighted by molar-refractivity contribution is 7.14. The zero-order chi connectivity index (χ0) is 10.1. The van der Waals surface area contributed by atoms with Crippen LogP contribution in [-0.4, -0.2) is 24.1 Å². The number of hydrogen-bond acceptors (Lipinski definition) is 4. The monoisotopic (exact) mass is 231 g/mol. The van der Waals surface area contributed by atoms with Gasteiger partial charge < -0.3 is 10.6 Å². The van der Waals surface area contributed by atoms with Gasteiger partial charge in [0.1, 0.15) is 5.15 Å². The van der Waals surface area contributed by atoms with Gasteiger partial charge in [0.15, 0.2) is 5.13 Å². The first-order valence-electron chi connectivity index (χ1n) is 4.78.